The molecule has 148 valence electrons. The Hall–Kier alpha value is -1.73. The number of hydrogen-bond acceptors (Lipinski definition) is 5. The van der Waals surface area contributed by atoms with Gasteiger partial charge in [0.25, 0.3) is 0 Å². The first-order valence-electron chi connectivity index (χ1n) is 9.10. The summed E-state index contributed by atoms with van der Waals surface area (Å²) in [7, 11) is 0. The molecule has 0 aromatic rings. The molecule has 0 aromatic heterocycles. The highest BCUT2D eigenvalue weighted by Gasteiger charge is 2.15. The first kappa shape index (κ1) is 24.3. The minimum atomic E-state index is -0.465. The monoisotopic (exact) mass is 366 g/mol. The van der Waals surface area contributed by atoms with Crippen LogP contribution in [0.4, 0.5) is 4.79 Å². The minimum Gasteiger partial charge on any atom is -0.444 e. The van der Waals surface area contributed by atoms with E-state index in [-0.39, 0.29) is 6.09 Å². The van der Waals surface area contributed by atoms with Gasteiger partial charge in [0.05, 0.1) is 13.2 Å². The molecule has 1 N–H and O–H groups in total. The van der Waals surface area contributed by atoms with E-state index in [0.29, 0.717) is 33.0 Å². The second-order valence-corrected chi connectivity index (χ2v) is 6.84. The van der Waals surface area contributed by atoms with Crippen LogP contribution in [0.5, 0.6) is 0 Å². The van der Waals surface area contributed by atoms with Gasteiger partial charge in [-0.15, -0.1) is 12.8 Å². The fraction of sp³-hybridized carbons (Fsp3) is 0.750. The number of terminal acetylenes is 2. The Morgan fingerprint density at radius 1 is 0.962 bits per heavy atom. The molecule has 0 saturated heterocycles. The van der Waals surface area contributed by atoms with Crippen LogP contribution in [0.2, 0.25) is 0 Å². The van der Waals surface area contributed by atoms with Crippen LogP contribution in [0.25, 0.3) is 0 Å². The molecule has 0 atom stereocenters. The average molecular weight is 367 g/mol. The molecule has 0 bridgehead atoms. The molecule has 0 aliphatic rings. The third-order valence-corrected chi connectivity index (χ3v) is 3.29. The molecular weight excluding hydrogens is 332 g/mol. The summed E-state index contributed by atoms with van der Waals surface area (Å²) >= 11 is 0. The van der Waals surface area contributed by atoms with E-state index in [1.54, 1.807) is 0 Å². The van der Waals surface area contributed by atoms with E-state index >= 15 is 0 Å². The largest absolute Gasteiger partial charge is 0.444 e. The minimum absolute atomic E-state index is 0.331. The van der Waals surface area contributed by atoms with Gasteiger partial charge in [0.1, 0.15) is 18.8 Å². The van der Waals surface area contributed by atoms with Gasteiger partial charge in [-0.1, -0.05) is 18.3 Å². The number of nitrogens with zero attached hydrogens (tertiary/aromatic N) is 1. The Kier molecular flexibility index (Phi) is 14.5. The second kappa shape index (κ2) is 15.5. The summed E-state index contributed by atoms with van der Waals surface area (Å²) in [5, 5.41) is 2.77. The third-order valence-electron chi connectivity index (χ3n) is 3.29. The molecule has 1 amide bonds. The number of amides is 1. The van der Waals surface area contributed by atoms with Gasteiger partial charge in [-0.3, -0.25) is 4.90 Å². The number of ether oxygens (including phenoxy) is 3. The molecule has 0 spiro atoms. The Morgan fingerprint density at radius 2 is 1.54 bits per heavy atom. The summed E-state index contributed by atoms with van der Waals surface area (Å²) < 4.78 is 15.9. The van der Waals surface area contributed by atoms with Crippen molar-refractivity contribution in [2.24, 2.45) is 0 Å². The van der Waals surface area contributed by atoms with Crippen molar-refractivity contribution in [3.8, 4) is 24.7 Å². The van der Waals surface area contributed by atoms with Crippen LogP contribution in [0.3, 0.4) is 0 Å². The van der Waals surface area contributed by atoms with Gasteiger partial charge in [0.15, 0.2) is 0 Å². The second-order valence-electron chi connectivity index (χ2n) is 6.84. The Bertz CT molecular complexity index is 424. The summed E-state index contributed by atoms with van der Waals surface area (Å²) in [5.41, 5.74) is -0.465. The van der Waals surface area contributed by atoms with E-state index in [2.05, 4.69) is 22.1 Å². The predicted molar refractivity (Wildman–Crippen MR) is 104 cm³/mol. The molecule has 0 rings (SSSR count). The fourth-order valence-electron chi connectivity index (χ4n) is 2.13. The molecular formula is C20H34N2O4. The van der Waals surface area contributed by atoms with Crippen LogP contribution >= 0.6 is 0 Å². The van der Waals surface area contributed by atoms with Crippen molar-refractivity contribution in [2.45, 2.75) is 45.6 Å². The summed E-state index contributed by atoms with van der Waals surface area (Å²) in [5.74, 6) is 4.92. The highest BCUT2D eigenvalue weighted by atomic mass is 16.6. The number of hydrogen-bond donors (Lipinski definition) is 1. The first-order chi connectivity index (χ1) is 12.4. The lowest BCUT2D eigenvalue weighted by Crippen LogP contribution is -2.33. The molecule has 0 saturated carbocycles. The van der Waals surface area contributed by atoms with Gasteiger partial charge >= 0.3 is 6.09 Å². The number of carbonyl (C=O) groups excluding carboxylic acids is 1. The highest BCUT2D eigenvalue weighted by Crippen LogP contribution is 2.06. The van der Waals surface area contributed by atoms with Gasteiger partial charge in [0.2, 0.25) is 0 Å². The Morgan fingerprint density at radius 3 is 2.04 bits per heavy atom. The summed E-state index contributed by atoms with van der Waals surface area (Å²) in [4.78, 5) is 13.8. The van der Waals surface area contributed by atoms with Crippen molar-refractivity contribution in [1.29, 1.82) is 0 Å². The van der Waals surface area contributed by atoms with Gasteiger partial charge in [-0.05, 0) is 40.2 Å². The van der Waals surface area contributed by atoms with Crippen molar-refractivity contribution in [3.05, 3.63) is 0 Å². The lowest BCUT2D eigenvalue weighted by atomic mass is 10.2. The molecule has 0 fully saturated rings. The van der Waals surface area contributed by atoms with Crippen molar-refractivity contribution in [3.63, 3.8) is 0 Å². The number of nitrogens with one attached hydrogen (secondary N) is 1. The maximum Gasteiger partial charge on any atom is 0.407 e. The Balaban J connectivity index is 3.87. The third kappa shape index (κ3) is 17.1. The molecule has 26 heavy (non-hydrogen) atoms. The lowest BCUT2D eigenvalue weighted by molar-refractivity contribution is 0.0526. The first-order valence-corrected chi connectivity index (χ1v) is 9.10. The molecule has 0 aliphatic carbocycles. The van der Waals surface area contributed by atoms with Crippen molar-refractivity contribution >= 4 is 6.09 Å². The van der Waals surface area contributed by atoms with Gasteiger partial charge in [-0.25, -0.2) is 4.79 Å². The van der Waals surface area contributed by atoms with Crippen molar-refractivity contribution in [1.82, 2.24) is 10.2 Å². The topological polar surface area (TPSA) is 60.0 Å². The van der Waals surface area contributed by atoms with Gasteiger partial charge in [0, 0.05) is 19.6 Å². The zero-order valence-electron chi connectivity index (χ0n) is 16.5. The van der Waals surface area contributed by atoms with E-state index in [1.807, 2.05) is 20.8 Å². The molecule has 0 aromatic carbocycles. The van der Waals surface area contributed by atoms with Crippen LogP contribution in [-0.2, 0) is 14.2 Å². The molecule has 0 heterocycles. The zero-order chi connectivity index (χ0) is 19.7. The fourth-order valence-corrected chi connectivity index (χ4v) is 2.13. The lowest BCUT2D eigenvalue weighted by Gasteiger charge is -2.22. The van der Waals surface area contributed by atoms with Crippen molar-refractivity contribution < 1.29 is 19.0 Å². The zero-order valence-corrected chi connectivity index (χ0v) is 16.5. The summed E-state index contributed by atoms with van der Waals surface area (Å²) in [6.07, 6.45) is 12.9. The molecule has 6 heteroatoms. The van der Waals surface area contributed by atoms with Crippen LogP contribution in [-0.4, -0.2) is 69.2 Å². The highest BCUT2D eigenvalue weighted by molar-refractivity contribution is 5.67. The average Bonchev–Trinajstić information content (AvgIpc) is 2.56. The molecule has 0 radical (unpaired) electrons. The van der Waals surface area contributed by atoms with E-state index < -0.39 is 5.60 Å². The number of rotatable bonds is 14. The Labute approximate surface area is 158 Å². The SMILES string of the molecule is C#CCOCCN(CCCCCNC(=O)OC(C)(C)C)CCOCC#C. The standard InChI is InChI=1S/C20H34N2O4/c1-6-15-24-17-13-22(14-18-25-16-7-2)12-10-8-9-11-21-19(23)26-20(3,4)5/h1-2H,8-18H2,3-5H3,(H,21,23). The van der Waals surface area contributed by atoms with E-state index in [4.69, 9.17) is 27.1 Å². The van der Waals surface area contributed by atoms with Crippen LogP contribution < -0.4 is 5.32 Å². The quantitative estimate of drug-likeness (QED) is 0.378. The van der Waals surface area contributed by atoms with E-state index in [1.165, 1.54) is 0 Å². The normalized spacial score (nSPS) is 11.0. The number of alkyl carbamates (subject to hydrolysis) is 1. The van der Waals surface area contributed by atoms with Crippen LogP contribution in [0.1, 0.15) is 40.0 Å². The smallest absolute Gasteiger partial charge is 0.407 e. The maximum absolute atomic E-state index is 11.5. The predicted octanol–water partition coefficient (Wildman–Crippen LogP) is 2.28. The van der Waals surface area contributed by atoms with E-state index in [9.17, 15) is 4.79 Å². The number of unbranched alkanes of at least 4 members (excludes halogenated alkanes) is 2. The molecule has 0 unspecified atom stereocenters. The van der Waals surface area contributed by atoms with Crippen LogP contribution in [0, 0.1) is 24.7 Å². The molecule has 0 aliphatic heterocycles. The maximum atomic E-state index is 11.5. The molecule has 6 nitrogen and oxygen atoms in total. The number of carbonyl (C=O) groups is 1. The van der Waals surface area contributed by atoms with E-state index in [0.717, 1.165) is 38.9 Å². The van der Waals surface area contributed by atoms with Gasteiger partial charge < -0.3 is 19.5 Å². The van der Waals surface area contributed by atoms with Crippen molar-refractivity contribution in [2.75, 3.05) is 52.6 Å². The summed E-state index contributed by atoms with van der Waals surface area (Å²) in [6.45, 7) is 10.6. The van der Waals surface area contributed by atoms with Crippen LogP contribution in [0.15, 0.2) is 0 Å². The van der Waals surface area contributed by atoms with Gasteiger partial charge in [-0.2, -0.15) is 0 Å². The summed E-state index contributed by atoms with van der Waals surface area (Å²) in [6, 6.07) is 0.